The highest BCUT2D eigenvalue weighted by molar-refractivity contribution is 6.06. The number of hydrogen-bond acceptors (Lipinski definition) is 9. The Morgan fingerprint density at radius 2 is 1.89 bits per heavy atom. The summed E-state index contributed by atoms with van der Waals surface area (Å²) in [7, 11) is 0. The molecular weight excluding hydrogens is 477 g/mol. The van der Waals surface area contributed by atoms with Gasteiger partial charge in [-0.05, 0) is 31.2 Å². The van der Waals surface area contributed by atoms with Crippen molar-refractivity contribution in [1.29, 1.82) is 0 Å². The number of carbonyl (C=O) groups is 1. The number of halogens is 3. The highest BCUT2D eigenvalue weighted by Gasteiger charge is 2.44. The molecule has 1 atom stereocenters. The lowest BCUT2D eigenvalue weighted by Gasteiger charge is -2.41. The fourth-order valence-corrected chi connectivity index (χ4v) is 4.80. The van der Waals surface area contributed by atoms with Gasteiger partial charge in [0, 0.05) is 31.9 Å². The number of carbonyl (C=O) groups excluding carboxylic acids is 1. The molecular formula is C23H21F3N8O2. The Morgan fingerprint density at radius 1 is 1.06 bits per heavy atom. The summed E-state index contributed by atoms with van der Waals surface area (Å²) in [6.45, 7) is 1.92. The first-order valence-corrected chi connectivity index (χ1v) is 11.6. The monoisotopic (exact) mass is 498 g/mol. The van der Waals surface area contributed by atoms with Crippen LogP contribution in [0.1, 0.15) is 36.3 Å². The van der Waals surface area contributed by atoms with E-state index in [-0.39, 0.29) is 23.6 Å². The van der Waals surface area contributed by atoms with E-state index in [4.69, 9.17) is 9.72 Å². The van der Waals surface area contributed by atoms with Gasteiger partial charge < -0.3 is 19.9 Å². The van der Waals surface area contributed by atoms with Crippen molar-refractivity contribution in [2.75, 3.05) is 28.2 Å². The van der Waals surface area contributed by atoms with Crippen LogP contribution in [0.3, 0.4) is 0 Å². The zero-order valence-electron chi connectivity index (χ0n) is 19.0. The van der Waals surface area contributed by atoms with Crippen LogP contribution in [0.25, 0.3) is 0 Å². The number of fused-ring (bicyclic) bond motifs is 2. The Labute approximate surface area is 203 Å². The lowest BCUT2D eigenvalue weighted by Crippen LogP contribution is -2.53. The zero-order chi connectivity index (χ0) is 24.9. The Hall–Kier alpha value is -4.03. The predicted molar refractivity (Wildman–Crippen MR) is 122 cm³/mol. The Morgan fingerprint density at radius 3 is 2.64 bits per heavy atom. The van der Waals surface area contributed by atoms with Gasteiger partial charge in [0.15, 0.2) is 11.6 Å². The number of anilines is 3. The molecule has 0 aliphatic carbocycles. The molecule has 0 aromatic carbocycles. The molecule has 3 aliphatic rings. The minimum Gasteiger partial charge on any atom is -0.436 e. The fraction of sp³-hybridized carbons (Fsp3) is 0.391. The lowest BCUT2D eigenvalue weighted by molar-refractivity contribution is -0.145. The Kier molecular flexibility index (Phi) is 5.34. The number of nitrogens with one attached hydrogen (secondary N) is 1. The summed E-state index contributed by atoms with van der Waals surface area (Å²) in [4.78, 5) is 37.1. The van der Waals surface area contributed by atoms with Crippen LogP contribution in [0.15, 0.2) is 30.7 Å². The number of pyridine rings is 1. The summed E-state index contributed by atoms with van der Waals surface area (Å²) in [5, 5.41) is 3.25. The maximum absolute atomic E-state index is 12.9. The largest absolute Gasteiger partial charge is 0.451 e. The van der Waals surface area contributed by atoms with Gasteiger partial charge in [0.25, 0.3) is 0 Å². The van der Waals surface area contributed by atoms with Crippen molar-refractivity contribution in [2.24, 2.45) is 0 Å². The fourth-order valence-electron chi connectivity index (χ4n) is 4.80. The number of amides is 1. The summed E-state index contributed by atoms with van der Waals surface area (Å²) in [5.41, 5.74) is 2.57. The van der Waals surface area contributed by atoms with E-state index in [9.17, 15) is 18.0 Å². The molecule has 186 valence electrons. The second-order valence-electron chi connectivity index (χ2n) is 8.81. The van der Waals surface area contributed by atoms with Crippen molar-refractivity contribution in [2.45, 2.75) is 44.4 Å². The van der Waals surface area contributed by atoms with Crippen molar-refractivity contribution in [3.8, 4) is 11.6 Å². The van der Waals surface area contributed by atoms with E-state index in [2.05, 4.69) is 30.2 Å². The second kappa shape index (κ2) is 8.57. The number of aryl methyl sites for hydroxylation is 1. The van der Waals surface area contributed by atoms with Gasteiger partial charge in [-0.15, -0.1) is 0 Å². The van der Waals surface area contributed by atoms with E-state index in [1.165, 1.54) is 0 Å². The molecule has 0 saturated carbocycles. The van der Waals surface area contributed by atoms with Gasteiger partial charge >= 0.3 is 6.18 Å². The first kappa shape index (κ1) is 22.4. The zero-order valence-corrected chi connectivity index (χ0v) is 19.0. The quantitative estimate of drug-likeness (QED) is 0.566. The van der Waals surface area contributed by atoms with Crippen LogP contribution in [0, 0.1) is 0 Å². The molecule has 0 spiro atoms. The van der Waals surface area contributed by atoms with Crippen LogP contribution in [0.4, 0.5) is 30.6 Å². The maximum atomic E-state index is 12.9. The topological polar surface area (TPSA) is 109 Å². The number of nitrogens with zero attached hydrogens (tertiary/aromatic N) is 7. The van der Waals surface area contributed by atoms with Crippen LogP contribution < -0.4 is 19.9 Å². The Bertz CT molecular complexity index is 1300. The lowest BCUT2D eigenvalue weighted by atomic mass is 10.0. The molecule has 0 unspecified atom stereocenters. The van der Waals surface area contributed by atoms with Crippen molar-refractivity contribution in [3.05, 3.63) is 47.8 Å². The second-order valence-corrected chi connectivity index (χ2v) is 8.81. The minimum absolute atomic E-state index is 0.0468. The molecule has 36 heavy (non-hydrogen) atoms. The van der Waals surface area contributed by atoms with Gasteiger partial charge in [-0.1, -0.05) is 6.07 Å². The normalized spacial score (nSPS) is 18.6. The maximum Gasteiger partial charge on any atom is 0.451 e. The van der Waals surface area contributed by atoms with Crippen LogP contribution >= 0.6 is 0 Å². The molecule has 3 aromatic heterocycles. The number of alkyl halides is 3. The third-order valence-electron chi connectivity index (χ3n) is 6.43. The molecule has 13 heteroatoms. The van der Waals surface area contributed by atoms with Crippen LogP contribution in [0.2, 0.25) is 0 Å². The average molecular weight is 498 g/mol. The van der Waals surface area contributed by atoms with Gasteiger partial charge in [0.2, 0.25) is 23.6 Å². The van der Waals surface area contributed by atoms with E-state index < -0.39 is 12.0 Å². The number of rotatable bonds is 5. The summed E-state index contributed by atoms with van der Waals surface area (Å²) >= 11 is 0. The highest BCUT2D eigenvalue weighted by Crippen LogP contribution is 2.43. The smallest absolute Gasteiger partial charge is 0.436 e. The molecule has 1 saturated heterocycles. The first-order valence-electron chi connectivity index (χ1n) is 11.6. The van der Waals surface area contributed by atoms with E-state index in [0.717, 1.165) is 67.4 Å². The van der Waals surface area contributed by atoms with Crippen LogP contribution in [-0.4, -0.2) is 50.0 Å². The highest BCUT2D eigenvalue weighted by atomic mass is 19.4. The average Bonchev–Trinajstić information content (AvgIpc) is 3.37. The standard InChI is InChI=1S/C23H21F3N8O2/c24-23(25,26)21-28-11-14(12-29-21)36-17-6-5-13(9-27-17)10-30-22-31-15-3-1-8-34-18(15)19(32-22)33-7-2-4-16(33)20(34)35/h5-6,9,11-12,16H,1-4,7-8,10H2,(H,30,31,32)/t16-/m0/s1. The van der Waals surface area contributed by atoms with Crippen molar-refractivity contribution in [1.82, 2.24) is 24.9 Å². The molecule has 6 rings (SSSR count). The third kappa shape index (κ3) is 4.03. The van der Waals surface area contributed by atoms with Gasteiger partial charge in [0.1, 0.15) is 11.7 Å². The molecule has 1 fully saturated rings. The number of aromatic nitrogens is 5. The van der Waals surface area contributed by atoms with Crippen LogP contribution in [0.5, 0.6) is 11.6 Å². The van der Waals surface area contributed by atoms with E-state index in [1.807, 2.05) is 4.90 Å². The molecule has 3 aliphatic heterocycles. The minimum atomic E-state index is -4.61. The molecule has 0 radical (unpaired) electrons. The number of ether oxygens (including phenoxy) is 1. The summed E-state index contributed by atoms with van der Waals surface area (Å²) in [6, 6.07) is 3.24. The van der Waals surface area contributed by atoms with Gasteiger partial charge in [-0.25, -0.2) is 19.9 Å². The summed E-state index contributed by atoms with van der Waals surface area (Å²) in [5.74, 6) is 0.480. The first-order chi connectivity index (χ1) is 17.4. The van der Waals surface area contributed by atoms with Gasteiger partial charge in [-0.3, -0.25) is 4.79 Å². The summed E-state index contributed by atoms with van der Waals surface area (Å²) in [6.07, 6.45) is 2.35. The van der Waals surface area contributed by atoms with Crippen molar-refractivity contribution in [3.63, 3.8) is 0 Å². The van der Waals surface area contributed by atoms with E-state index >= 15 is 0 Å². The van der Waals surface area contributed by atoms with Crippen LogP contribution in [-0.2, 0) is 23.9 Å². The SMILES string of the molecule is O=C1[C@@H]2CCCN2c2nc(NCc3ccc(Oc4cnc(C(F)(F)F)nc4)nc3)nc3c2N1CCC3. The summed E-state index contributed by atoms with van der Waals surface area (Å²) < 4.78 is 43.2. The molecule has 10 nitrogen and oxygen atoms in total. The number of hydrogen-bond donors (Lipinski definition) is 1. The van der Waals surface area contributed by atoms with Gasteiger partial charge in [-0.2, -0.15) is 18.2 Å². The molecule has 3 aromatic rings. The van der Waals surface area contributed by atoms with E-state index in [0.29, 0.717) is 19.0 Å². The van der Waals surface area contributed by atoms with E-state index in [1.54, 1.807) is 18.3 Å². The third-order valence-corrected chi connectivity index (χ3v) is 6.43. The van der Waals surface area contributed by atoms with Crippen molar-refractivity contribution < 1.29 is 22.7 Å². The van der Waals surface area contributed by atoms with Crippen molar-refractivity contribution >= 4 is 23.4 Å². The molecule has 1 N–H and O–H groups in total. The van der Waals surface area contributed by atoms with Gasteiger partial charge in [0.05, 0.1) is 18.1 Å². The molecule has 6 heterocycles. The Balaban J connectivity index is 1.15. The molecule has 1 amide bonds. The predicted octanol–water partition coefficient (Wildman–Crippen LogP) is 3.35. The molecule has 0 bridgehead atoms.